The SMILES string of the molecule is CCN(CCS(N)(=O)=O)C1CNC1. The Hall–Kier alpha value is -0.170. The Kier molecular flexibility index (Phi) is 3.66. The second kappa shape index (κ2) is 4.36. The van der Waals surface area contributed by atoms with E-state index in [1.807, 2.05) is 6.92 Å². The van der Waals surface area contributed by atoms with Crippen LogP contribution < -0.4 is 10.5 Å². The maximum atomic E-state index is 10.7. The number of likely N-dealkylation sites (N-methyl/N-ethyl adjacent to an activating group) is 1. The first kappa shape index (κ1) is 10.9. The van der Waals surface area contributed by atoms with Gasteiger partial charge in [0.2, 0.25) is 10.0 Å². The van der Waals surface area contributed by atoms with Crippen molar-refractivity contribution in [2.75, 3.05) is 31.9 Å². The Bertz CT molecular complexity index is 248. The number of hydrogen-bond acceptors (Lipinski definition) is 4. The molecule has 1 fully saturated rings. The molecule has 0 radical (unpaired) electrons. The zero-order valence-corrected chi connectivity index (χ0v) is 8.68. The molecule has 1 saturated heterocycles. The third-order valence-electron chi connectivity index (χ3n) is 2.35. The lowest BCUT2D eigenvalue weighted by Gasteiger charge is -2.37. The third kappa shape index (κ3) is 3.60. The quantitative estimate of drug-likeness (QED) is 0.579. The number of nitrogens with zero attached hydrogens (tertiary/aromatic N) is 1. The summed E-state index contributed by atoms with van der Waals surface area (Å²) in [7, 11) is -3.31. The fourth-order valence-electron chi connectivity index (χ4n) is 1.38. The highest BCUT2D eigenvalue weighted by atomic mass is 32.2. The van der Waals surface area contributed by atoms with Crippen LogP contribution in [0.15, 0.2) is 0 Å². The molecule has 13 heavy (non-hydrogen) atoms. The average Bonchev–Trinajstić information content (AvgIpc) is 1.91. The van der Waals surface area contributed by atoms with Crippen LogP contribution in [-0.4, -0.2) is 51.3 Å². The molecule has 0 amide bonds. The van der Waals surface area contributed by atoms with Crippen LogP contribution in [0.5, 0.6) is 0 Å². The van der Waals surface area contributed by atoms with Crippen molar-refractivity contribution in [3.8, 4) is 0 Å². The molecule has 1 aliphatic rings. The van der Waals surface area contributed by atoms with Crippen LogP contribution >= 0.6 is 0 Å². The number of sulfonamides is 1. The number of rotatable bonds is 5. The van der Waals surface area contributed by atoms with Crippen LogP contribution in [0.1, 0.15) is 6.92 Å². The van der Waals surface area contributed by atoms with Crippen molar-refractivity contribution < 1.29 is 8.42 Å². The molecule has 0 aromatic carbocycles. The zero-order valence-electron chi connectivity index (χ0n) is 7.86. The molecule has 0 aromatic rings. The summed E-state index contributed by atoms with van der Waals surface area (Å²) in [6, 6.07) is 0.492. The molecule has 1 rings (SSSR count). The lowest BCUT2D eigenvalue weighted by atomic mass is 10.1. The van der Waals surface area contributed by atoms with Gasteiger partial charge in [-0.3, -0.25) is 4.90 Å². The zero-order chi connectivity index (χ0) is 9.90. The molecule has 1 heterocycles. The van der Waals surface area contributed by atoms with Crippen LogP contribution in [0.25, 0.3) is 0 Å². The summed E-state index contributed by atoms with van der Waals surface area (Å²) in [5.74, 6) is 0.0529. The lowest BCUT2D eigenvalue weighted by Crippen LogP contribution is -2.58. The fraction of sp³-hybridized carbons (Fsp3) is 1.00. The van der Waals surface area contributed by atoms with Crippen molar-refractivity contribution in [3.05, 3.63) is 0 Å². The van der Waals surface area contributed by atoms with Gasteiger partial charge in [0.1, 0.15) is 0 Å². The van der Waals surface area contributed by atoms with Crippen LogP contribution in [0.4, 0.5) is 0 Å². The summed E-state index contributed by atoms with van der Waals surface area (Å²) >= 11 is 0. The Morgan fingerprint density at radius 1 is 1.54 bits per heavy atom. The van der Waals surface area contributed by atoms with Crippen LogP contribution in [-0.2, 0) is 10.0 Å². The molecule has 0 spiro atoms. The van der Waals surface area contributed by atoms with Crippen molar-refractivity contribution in [1.82, 2.24) is 10.2 Å². The van der Waals surface area contributed by atoms with Gasteiger partial charge in [0.25, 0.3) is 0 Å². The summed E-state index contributed by atoms with van der Waals surface area (Å²) in [6.45, 7) is 5.36. The normalized spacial score (nSPS) is 19.0. The highest BCUT2D eigenvalue weighted by Gasteiger charge is 2.23. The monoisotopic (exact) mass is 207 g/mol. The first-order chi connectivity index (χ1) is 6.03. The minimum atomic E-state index is -3.31. The molecule has 0 saturated carbocycles. The van der Waals surface area contributed by atoms with Gasteiger partial charge in [-0.25, -0.2) is 13.6 Å². The van der Waals surface area contributed by atoms with Crippen molar-refractivity contribution in [2.24, 2.45) is 5.14 Å². The summed E-state index contributed by atoms with van der Waals surface area (Å²) in [6.07, 6.45) is 0. The number of nitrogens with one attached hydrogen (secondary N) is 1. The van der Waals surface area contributed by atoms with E-state index in [-0.39, 0.29) is 5.75 Å². The molecule has 3 N–H and O–H groups in total. The Morgan fingerprint density at radius 2 is 2.15 bits per heavy atom. The van der Waals surface area contributed by atoms with Gasteiger partial charge in [-0.1, -0.05) is 6.92 Å². The van der Waals surface area contributed by atoms with Gasteiger partial charge >= 0.3 is 0 Å². The molecule has 0 atom stereocenters. The smallest absolute Gasteiger partial charge is 0.210 e. The van der Waals surface area contributed by atoms with E-state index >= 15 is 0 Å². The molecule has 0 bridgehead atoms. The Morgan fingerprint density at radius 3 is 2.46 bits per heavy atom. The minimum absolute atomic E-state index is 0.0529. The number of nitrogens with two attached hydrogens (primary N) is 1. The lowest BCUT2D eigenvalue weighted by molar-refractivity contribution is 0.161. The molecule has 0 aromatic heterocycles. The van der Waals surface area contributed by atoms with Gasteiger partial charge in [0.05, 0.1) is 5.75 Å². The number of primary sulfonamides is 1. The maximum absolute atomic E-state index is 10.7. The second-order valence-corrected chi connectivity index (χ2v) is 5.04. The predicted octanol–water partition coefficient (Wildman–Crippen LogP) is -1.43. The molecular weight excluding hydrogens is 190 g/mol. The van der Waals surface area contributed by atoms with Gasteiger partial charge in [-0.05, 0) is 6.54 Å². The maximum Gasteiger partial charge on any atom is 0.210 e. The Balaban J connectivity index is 2.31. The van der Waals surface area contributed by atoms with Crippen LogP contribution in [0, 0.1) is 0 Å². The van der Waals surface area contributed by atoms with Gasteiger partial charge in [-0.2, -0.15) is 0 Å². The second-order valence-electron chi connectivity index (χ2n) is 3.31. The Labute approximate surface area is 79.3 Å². The van der Waals surface area contributed by atoms with Crippen molar-refractivity contribution in [2.45, 2.75) is 13.0 Å². The van der Waals surface area contributed by atoms with Crippen molar-refractivity contribution >= 4 is 10.0 Å². The van der Waals surface area contributed by atoms with Crippen molar-refractivity contribution in [3.63, 3.8) is 0 Å². The summed E-state index contributed by atoms with van der Waals surface area (Å²) in [5, 5.41) is 8.08. The van der Waals surface area contributed by atoms with Crippen LogP contribution in [0.2, 0.25) is 0 Å². The average molecular weight is 207 g/mol. The highest BCUT2D eigenvalue weighted by Crippen LogP contribution is 2.03. The van der Waals surface area contributed by atoms with E-state index in [9.17, 15) is 8.42 Å². The largest absolute Gasteiger partial charge is 0.314 e. The van der Waals surface area contributed by atoms with Gasteiger partial charge in [-0.15, -0.1) is 0 Å². The van der Waals surface area contributed by atoms with Crippen molar-refractivity contribution in [1.29, 1.82) is 0 Å². The minimum Gasteiger partial charge on any atom is -0.314 e. The summed E-state index contributed by atoms with van der Waals surface area (Å²) < 4.78 is 21.4. The molecule has 0 unspecified atom stereocenters. The predicted molar refractivity (Wildman–Crippen MR) is 51.9 cm³/mol. The third-order valence-corrected chi connectivity index (χ3v) is 3.10. The number of hydrogen-bond donors (Lipinski definition) is 2. The first-order valence-electron chi connectivity index (χ1n) is 4.48. The first-order valence-corrected chi connectivity index (χ1v) is 6.19. The molecule has 0 aliphatic carbocycles. The van der Waals surface area contributed by atoms with E-state index in [2.05, 4.69) is 10.2 Å². The highest BCUT2D eigenvalue weighted by molar-refractivity contribution is 7.89. The van der Waals surface area contributed by atoms with E-state index in [1.54, 1.807) is 0 Å². The fourth-order valence-corrected chi connectivity index (χ4v) is 1.86. The van der Waals surface area contributed by atoms with E-state index in [0.717, 1.165) is 19.6 Å². The molecule has 1 aliphatic heterocycles. The van der Waals surface area contributed by atoms with Gasteiger partial charge in [0, 0.05) is 25.7 Å². The molecule has 5 nitrogen and oxygen atoms in total. The van der Waals surface area contributed by atoms with E-state index in [0.29, 0.717) is 12.6 Å². The molecule has 6 heteroatoms. The van der Waals surface area contributed by atoms with E-state index in [4.69, 9.17) is 5.14 Å². The van der Waals surface area contributed by atoms with E-state index in [1.165, 1.54) is 0 Å². The topological polar surface area (TPSA) is 75.4 Å². The van der Waals surface area contributed by atoms with Crippen LogP contribution in [0.3, 0.4) is 0 Å². The van der Waals surface area contributed by atoms with Gasteiger partial charge in [0.15, 0.2) is 0 Å². The van der Waals surface area contributed by atoms with E-state index < -0.39 is 10.0 Å². The molecule has 78 valence electrons. The van der Waals surface area contributed by atoms with Gasteiger partial charge < -0.3 is 5.32 Å². The summed E-state index contributed by atoms with van der Waals surface area (Å²) in [4.78, 5) is 2.14. The molecular formula is C7H17N3O2S. The summed E-state index contributed by atoms with van der Waals surface area (Å²) in [5.41, 5.74) is 0. The standard InChI is InChI=1S/C7H17N3O2S/c1-2-10(7-5-9-6-7)3-4-13(8,11)12/h7,9H,2-6H2,1H3,(H2,8,11,12).